The van der Waals surface area contributed by atoms with Crippen molar-refractivity contribution in [1.29, 1.82) is 0 Å². The SMILES string of the molecule is COC[C@@H]1CC2(CCNCC2)CN1Cc1nccs1. The second kappa shape index (κ2) is 5.87. The van der Waals surface area contributed by atoms with Crippen molar-refractivity contribution >= 4 is 11.3 Å². The molecule has 5 heteroatoms. The van der Waals surface area contributed by atoms with E-state index in [1.54, 1.807) is 11.3 Å². The summed E-state index contributed by atoms with van der Waals surface area (Å²) in [6.45, 7) is 5.39. The van der Waals surface area contributed by atoms with Crippen molar-refractivity contribution in [3.8, 4) is 0 Å². The predicted molar refractivity (Wildman–Crippen MR) is 77.3 cm³/mol. The van der Waals surface area contributed by atoms with Gasteiger partial charge in [0.15, 0.2) is 0 Å². The molecular weight excluding hydrogens is 258 g/mol. The first-order valence-electron chi connectivity index (χ1n) is 7.13. The van der Waals surface area contributed by atoms with Crippen LogP contribution in [0.2, 0.25) is 0 Å². The Bertz CT molecular complexity index is 389. The fourth-order valence-corrected chi connectivity index (χ4v) is 4.26. The maximum Gasteiger partial charge on any atom is 0.107 e. The molecule has 3 heterocycles. The number of rotatable bonds is 4. The molecular formula is C14H23N3OS. The van der Waals surface area contributed by atoms with Gasteiger partial charge in [-0.15, -0.1) is 11.3 Å². The molecule has 2 aliphatic rings. The van der Waals surface area contributed by atoms with Crippen LogP contribution >= 0.6 is 11.3 Å². The number of nitrogens with one attached hydrogen (secondary N) is 1. The third-order valence-corrected chi connectivity index (χ3v) is 5.33. The van der Waals surface area contributed by atoms with E-state index in [9.17, 15) is 0 Å². The lowest BCUT2D eigenvalue weighted by Crippen LogP contribution is -2.38. The molecule has 2 aliphatic heterocycles. The molecule has 1 aromatic rings. The molecule has 4 nitrogen and oxygen atoms in total. The monoisotopic (exact) mass is 281 g/mol. The maximum absolute atomic E-state index is 5.43. The molecule has 1 spiro atoms. The van der Waals surface area contributed by atoms with Gasteiger partial charge in [0.05, 0.1) is 13.2 Å². The van der Waals surface area contributed by atoms with Crippen molar-refractivity contribution in [3.05, 3.63) is 16.6 Å². The van der Waals surface area contributed by atoms with E-state index in [0.717, 1.165) is 13.2 Å². The second-order valence-corrected chi connectivity index (χ2v) is 6.87. The molecule has 0 unspecified atom stereocenters. The third-order valence-electron chi connectivity index (χ3n) is 4.57. The van der Waals surface area contributed by atoms with E-state index < -0.39 is 0 Å². The minimum atomic E-state index is 0.520. The standard InChI is InChI=1S/C14H23N3OS/c1-18-10-12-8-14(2-4-15-5-3-14)11-17(12)9-13-16-6-7-19-13/h6-7,12,15H,2-5,8-11H2,1H3/t12-/m0/s1. The van der Waals surface area contributed by atoms with E-state index in [2.05, 4.69) is 20.6 Å². The third kappa shape index (κ3) is 2.99. The van der Waals surface area contributed by atoms with Gasteiger partial charge in [-0.1, -0.05) is 0 Å². The van der Waals surface area contributed by atoms with Crippen molar-refractivity contribution in [2.75, 3.05) is 33.4 Å². The van der Waals surface area contributed by atoms with E-state index in [1.807, 2.05) is 13.3 Å². The molecule has 19 heavy (non-hydrogen) atoms. The summed E-state index contributed by atoms with van der Waals surface area (Å²) in [6, 6.07) is 0.562. The van der Waals surface area contributed by atoms with Gasteiger partial charge in [-0.2, -0.15) is 0 Å². The number of thiazole rings is 1. The van der Waals surface area contributed by atoms with Crippen molar-refractivity contribution in [3.63, 3.8) is 0 Å². The first-order chi connectivity index (χ1) is 9.31. The minimum absolute atomic E-state index is 0.520. The Balaban J connectivity index is 1.69. The zero-order valence-corrected chi connectivity index (χ0v) is 12.4. The summed E-state index contributed by atoms with van der Waals surface area (Å²) >= 11 is 1.76. The van der Waals surface area contributed by atoms with E-state index in [4.69, 9.17) is 4.74 Å². The lowest BCUT2D eigenvalue weighted by molar-refractivity contribution is 0.111. The van der Waals surface area contributed by atoms with Crippen LogP contribution < -0.4 is 5.32 Å². The molecule has 0 amide bonds. The summed E-state index contributed by atoms with van der Waals surface area (Å²) in [7, 11) is 1.81. The highest BCUT2D eigenvalue weighted by atomic mass is 32.1. The molecule has 1 aromatic heterocycles. The average Bonchev–Trinajstić information content (AvgIpc) is 3.01. The Morgan fingerprint density at radius 2 is 2.37 bits per heavy atom. The first-order valence-corrected chi connectivity index (χ1v) is 8.01. The molecule has 106 valence electrons. The molecule has 0 aliphatic carbocycles. The smallest absolute Gasteiger partial charge is 0.107 e. The first kappa shape index (κ1) is 13.5. The van der Waals surface area contributed by atoms with Gasteiger partial charge >= 0.3 is 0 Å². The number of methoxy groups -OCH3 is 1. The van der Waals surface area contributed by atoms with Crippen LogP contribution in [-0.4, -0.2) is 49.3 Å². The molecule has 3 rings (SSSR count). The van der Waals surface area contributed by atoms with Crippen LogP contribution in [0.1, 0.15) is 24.3 Å². The second-order valence-electron chi connectivity index (χ2n) is 5.89. The van der Waals surface area contributed by atoms with Crippen LogP contribution in [0, 0.1) is 5.41 Å². The fraction of sp³-hybridized carbons (Fsp3) is 0.786. The largest absolute Gasteiger partial charge is 0.383 e. The van der Waals surface area contributed by atoms with Crippen molar-refractivity contribution in [2.45, 2.75) is 31.8 Å². The predicted octanol–water partition coefficient (Wildman–Crippen LogP) is 1.73. The van der Waals surface area contributed by atoms with E-state index in [1.165, 1.54) is 43.9 Å². The summed E-state index contributed by atoms with van der Waals surface area (Å²) in [5.41, 5.74) is 0.520. The highest BCUT2D eigenvalue weighted by Gasteiger charge is 2.44. The highest BCUT2D eigenvalue weighted by molar-refractivity contribution is 7.09. The van der Waals surface area contributed by atoms with Gasteiger partial charge in [0.1, 0.15) is 5.01 Å². The minimum Gasteiger partial charge on any atom is -0.383 e. The van der Waals surface area contributed by atoms with Gasteiger partial charge in [-0.05, 0) is 37.8 Å². The molecule has 2 saturated heterocycles. The topological polar surface area (TPSA) is 37.4 Å². The van der Waals surface area contributed by atoms with Crippen molar-refractivity contribution in [2.24, 2.45) is 5.41 Å². The van der Waals surface area contributed by atoms with Gasteiger partial charge in [0, 0.05) is 31.3 Å². The number of aromatic nitrogens is 1. The molecule has 2 fully saturated rings. The van der Waals surface area contributed by atoms with Crippen LogP contribution in [0.5, 0.6) is 0 Å². The molecule has 0 radical (unpaired) electrons. The van der Waals surface area contributed by atoms with Crippen LogP contribution in [-0.2, 0) is 11.3 Å². The molecule has 1 atom stereocenters. The molecule has 1 N–H and O–H groups in total. The van der Waals surface area contributed by atoms with Crippen molar-refractivity contribution < 1.29 is 4.74 Å². The van der Waals surface area contributed by atoms with E-state index >= 15 is 0 Å². The number of hydrogen-bond acceptors (Lipinski definition) is 5. The number of nitrogens with zero attached hydrogens (tertiary/aromatic N) is 2. The Morgan fingerprint density at radius 1 is 1.53 bits per heavy atom. The maximum atomic E-state index is 5.43. The number of hydrogen-bond donors (Lipinski definition) is 1. The van der Waals surface area contributed by atoms with Crippen LogP contribution in [0.25, 0.3) is 0 Å². The molecule has 0 saturated carbocycles. The Hall–Kier alpha value is -0.490. The zero-order chi connectivity index (χ0) is 13.1. The summed E-state index contributed by atoms with van der Waals surface area (Å²) in [5, 5.41) is 6.78. The highest BCUT2D eigenvalue weighted by Crippen LogP contribution is 2.42. The summed E-state index contributed by atoms with van der Waals surface area (Å²) in [6.07, 6.45) is 5.80. The summed E-state index contributed by atoms with van der Waals surface area (Å²) < 4.78 is 5.43. The van der Waals surface area contributed by atoms with Gasteiger partial charge in [-0.25, -0.2) is 4.98 Å². The summed E-state index contributed by atoms with van der Waals surface area (Å²) in [5.74, 6) is 0. The quantitative estimate of drug-likeness (QED) is 0.912. The number of likely N-dealkylation sites (tertiary alicyclic amines) is 1. The van der Waals surface area contributed by atoms with Gasteiger partial charge in [0.2, 0.25) is 0 Å². The van der Waals surface area contributed by atoms with Gasteiger partial charge in [0.25, 0.3) is 0 Å². The van der Waals surface area contributed by atoms with Gasteiger partial charge in [-0.3, -0.25) is 4.90 Å². The fourth-order valence-electron chi connectivity index (χ4n) is 3.62. The number of ether oxygens (including phenoxy) is 1. The molecule has 0 aromatic carbocycles. The van der Waals surface area contributed by atoms with Crippen molar-refractivity contribution in [1.82, 2.24) is 15.2 Å². The lowest BCUT2D eigenvalue weighted by Gasteiger charge is -2.33. The Labute approximate surface area is 119 Å². The van der Waals surface area contributed by atoms with E-state index in [0.29, 0.717) is 11.5 Å². The normalized spacial score (nSPS) is 27.1. The lowest BCUT2D eigenvalue weighted by atomic mass is 9.77. The van der Waals surface area contributed by atoms with E-state index in [-0.39, 0.29) is 0 Å². The number of piperidine rings is 1. The molecule has 0 bridgehead atoms. The Morgan fingerprint density at radius 3 is 3.05 bits per heavy atom. The zero-order valence-electron chi connectivity index (χ0n) is 11.6. The summed E-state index contributed by atoms with van der Waals surface area (Å²) in [4.78, 5) is 7.02. The Kier molecular flexibility index (Phi) is 4.17. The van der Waals surface area contributed by atoms with Crippen LogP contribution in [0.3, 0.4) is 0 Å². The average molecular weight is 281 g/mol. The van der Waals surface area contributed by atoms with Crippen LogP contribution in [0.4, 0.5) is 0 Å². The van der Waals surface area contributed by atoms with Gasteiger partial charge < -0.3 is 10.1 Å². The van der Waals surface area contributed by atoms with Crippen LogP contribution in [0.15, 0.2) is 11.6 Å².